The molecule has 0 radical (unpaired) electrons. The van der Waals surface area contributed by atoms with E-state index < -0.39 is 20.9 Å². The average molecular weight is 404 g/mol. The number of halogens is 3. The monoisotopic (exact) mass is 402 g/mol. The third-order valence-electron chi connectivity index (χ3n) is 3.26. The molecule has 132 valence electrons. The van der Waals surface area contributed by atoms with Crippen molar-refractivity contribution < 1.29 is 14.5 Å². The first-order valence-corrected chi connectivity index (χ1v) is 8.17. The van der Waals surface area contributed by atoms with Crippen LogP contribution in [0.5, 0.6) is 5.75 Å². The molecule has 1 amide bonds. The number of rotatable bonds is 5. The molecule has 1 atom stereocenters. The molecule has 0 heterocycles. The second kappa shape index (κ2) is 7.91. The molecule has 1 N–H and O–H groups in total. The van der Waals surface area contributed by atoms with Crippen molar-refractivity contribution in [1.82, 2.24) is 5.32 Å². The SMILES string of the molecule is Cc1ccccc1C(=O)N[C@H](Oc1ccccc1[N+](=O)[O-])C(Cl)(Cl)Cl. The number of nitro groups is 1. The molecule has 0 unspecified atom stereocenters. The van der Waals surface area contributed by atoms with Gasteiger partial charge in [-0.1, -0.05) is 65.1 Å². The van der Waals surface area contributed by atoms with Crippen molar-refractivity contribution in [2.75, 3.05) is 0 Å². The first-order chi connectivity index (χ1) is 11.7. The van der Waals surface area contributed by atoms with Gasteiger partial charge in [-0.2, -0.15) is 0 Å². The molecular formula is C16H13Cl3N2O4. The van der Waals surface area contributed by atoms with Crippen LogP contribution in [0.25, 0.3) is 0 Å². The summed E-state index contributed by atoms with van der Waals surface area (Å²) in [7, 11) is 0. The fourth-order valence-electron chi connectivity index (χ4n) is 2.04. The van der Waals surface area contributed by atoms with Gasteiger partial charge >= 0.3 is 5.69 Å². The van der Waals surface area contributed by atoms with Crippen molar-refractivity contribution in [2.24, 2.45) is 0 Å². The number of nitro benzene ring substituents is 1. The highest BCUT2D eigenvalue weighted by Crippen LogP contribution is 2.35. The number of hydrogen-bond donors (Lipinski definition) is 1. The summed E-state index contributed by atoms with van der Waals surface area (Å²) in [5.41, 5.74) is 0.772. The Labute approximate surface area is 158 Å². The van der Waals surface area contributed by atoms with Crippen LogP contribution < -0.4 is 10.1 Å². The Morgan fingerprint density at radius 2 is 1.76 bits per heavy atom. The summed E-state index contributed by atoms with van der Waals surface area (Å²) in [6, 6.07) is 12.4. The number of nitrogens with zero attached hydrogens (tertiary/aromatic N) is 1. The molecule has 0 saturated heterocycles. The van der Waals surface area contributed by atoms with E-state index in [-0.39, 0.29) is 11.4 Å². The second-order valence-corrected chi connectivity index (χ2v) is 7.42. The first-order valence-electron chi connectivity index (χ1n) is 7.03. The maximum absolute atomic E-state index is 12.4. The molecule has 0 bridgehead atoms. The van der Waals surface area contributed by atoms with Gasteiger partial charge in [-0.15, -0.1) is 0 Å². The average Bonchev–Trinajstić information content (AvgIpc) is 2.54. The van der Waals surface area contributed by atoms with Gasteiger partial charge in [-0.3, -0.25) is 14.9 Å². The van der Waals surface area contributed by atoms with E-state index >= 15 is 0 Å². The van der Waals surface area contributed by atoms with Crippen LogP contribution in [-0.4, -0.2) is 20.9 Å². The van der Waals surface area contributed by atoms with Crippen LogP contribution in [0.15, 0.2) is 48.5 Å². The summed E-state index contributed by atoms with van der Waals surface area (Å²) in [4.78, 5) is 22.9. The number of carbonyl (C=O) groups excluding carboxylic acids is 1. The van der Waals surface area contributed by atoms with Crippen molar-refractivity contribution in [3.8, 4) is 5.75 Å². The van der Waals surface area contributed by atoms with Crippen LogP contribution >= 0.6 is 34.8 Å². The van der Waals surface area contributed by atoms with Gasteiger partial charge in [0.2, 0.25) is 10.0 Å². The highest BCUT2D eigenvalue weighted by Gasteiger charge is 2.37. The largest absolute Gasteiger partial charge is 0.459 e. The highest BCUT2D eigenvalue weighted by molar-refractivity contribution is 6.68. The predicted molar refractivity (Wildman–Crippen MR) is 96.4 cm³/mol. The van der Waals surface area contributed by atoms with Crippen LogP contribution in [0.1, 0.15) is 15.9 Å². The summed E-state index contributed by atoms with van der Waals surface area (Å²) in [5.74, 6) is -0.665. The number of carbonyl (C=O) groups is 1. The lowest BCUT2D eigenvalue weighted by Crippen LogP contribution is -2.48. The Hall–Kier alpha value is -2.02. The fourth-order valence-corrected chi connectivity index (χ4v) is 2.33. The number of alkyl halides is 3. The van der Waals surface area contributed by atoms with Crippen molar-refractivity contribution in [3.63, 3.8) is 0 Å². The minimum atomic E-state index is -2.05. The molecule has 2 rings (SSSR count). The molecular weight excluding hydrogens is 391 g/mol. The van der Waals surface area contributed by atoms with Gasteiger partial charge in [0.1, 0.15) is 0 Å². The quantitative estimate of drug-likeness (QED) is 0.347. The van der Waals surface area contributed by atoms with Gasteiger partial charge in [0.25, 0.3) is 5.91 Å². The highest BCUT2D eigenvalue weighted by atomic mass is 35.6. The van der Waals surface area contributed by atoms with Crippen molar-refractivity contribution in [3.05, 3.63) is 69.8 Å². The van der Waals surface area contributed by atoms with Crippen LogP contribution in [0.3, 0.4) is 0 Å². The van der Waals surface area contributed by atoms with Crippen molar-refractivity contribution >= 4 is 46.4 Å². The summed E-state index contributed by atoms with van der Waals surface area (Å²) in [5, 5.41) is 13.5. The van der Waals surface area contributed by atoms with Crippen LogP contribution in [0.4, 0.5) is 5.69 Å². The third kappa shape index (κ3) is 4.98. The topological polar surface area (TPSA) is 81.5 Å². The minimum Gasteiger partial charge on any atom is -0.459 e. The Bertz CT molecular complexity index is 793. The lowest BCUT2D eigenvalue weighted by molar-refractivity contribution is -0.386. The normalized spacial score (nSPS) is 12.3. The van der Waals surface area contributed by atoms with Gasteiger partial charge in [-0.05, 0) is 24.6 Å². The molecule has 0 saturated carbocycles. The molecule has 2 aromatic carbocycles. The third-order valence-corrected chi connectivity index (χ3v) is 3.85. The van der Waals surface area contributed by atoms with Crippen LogP contribution in [0.2, 0.25) is 0 Å². The number of benzene rings is 2. The van der Waals surface area contributed by atoms with E-state index in [2.05, 4.69) is 5.32 Å². The Balaban J connectivity index is 2.28. The second-order valence-electron chi connectivity index (χ2n) is 5.05. The zero-order chi connectivity index (χ0) is 18.6. The van der Waals surface area contributed by atoms with Gasteiger partial charge in [0, 0.05) is 11.6 Å². The zero-order valence-corrected chi connectivity index (χ0v) is 15.2. The molecule has 25 heavy (non-hydrogen) atoms. The molecule has 6 nitrogen and oxygen atoms in total. The standard InChI is InChI=1S/C16H13Cl3N2O4/c1-10-6-2-3-7-11(10)14(22)20-15(16(17,18)19)25-13-9-5-4-8-12(13)21(23)24/h2-9,15H,1H3,(H,20,22)/t15-/m1/s1. The molecule has 0 spiro atoms. The molecule has 0 aromatic heterocycles. The van der Waals surface area contributed by atoms with E-state index in [0.29, 0.717) is 11.1 Å². The number of para-hydroxylation sites is 2. The van der Waals surface area contributed by atoms with E-state index in [0.717, 1.165) is 0 Å². The van der Waals surface area contributed by atoms with Gasteiger partial charge in [-0.25, -0.2) is 0 Å². The van der Waals surface area contributed by atoms with Crippen molar-refractivity contribution in [1.29, 1.82) is 0 Å². The maximum Gasteiger partial charge on any atom is 0.311 e. The predicted octanol–water partition coefficient (Wildman–Crippen LogP) is 4.41. The molecule has 2 aromatic rings. The van der Waals surface area contributed by atoms with Gasteiger partial charge in [0.05, 0.1) is 4.92 Å². The molecule has 0 fully saturated rings. The Morgan fingerprint density at radius 1 is 1.16 bits per heavy atom. The zero-order valence-electron chi connectivity index (χ0n) is 12.9. The molecule has 9 heteroatoms. The molecule has 0 aliphatic heterocycles. The number of hydrogen-bond acceptors (Lipinski definition) is 4. The van der Waals surface area contributed by atoms with Crippen molar-refractivity contribution in [2.45, 2.75) is 16.9 Å². The summed E-state index contributed by atoms with van der Waals surface area (Å²) >= 11 is 17.6. The van der Waals surface area contributed by atoms with Gasteiger partial charge in [0.15, 0.2) is 5.75 Å². The van der Waals surface area contributed by atoms with E-state index in [9.17, 15) is 14.9 Å². The first kappa shape index (κ1) is 19.3. The Kier molecular flexibility index (Phi) is 6.11. The fraction of sp³-hybridized carbons (Fsp3) is 0.188. The lowest BCUT2D eigenvalue weighted by Gasteiger charge is -2.26. The van der Waals surface area contributed by atoms with E-state index in [1.807, 2.05) is 0 Å². The summed E-state index contributed by atoms with van der Waals surface area (Å²) in [6.45, 7) is 1.75. The van der Waals surface area contributed by atoms with Gasteiger partial charge < -0.3 is 10.1 Å². The smallest absolute Gasteiger partial charge is 0.311 e. The van der Waals surface area contributed by atoms with E-state index in [1.54, 1.807) is 31.2 Å². The summed E-state index contributed by atoms with van der Waals surface area (Å²) < 4.78 is 3.38. The number of amides is 1. The van der Waals surface area contributed by atoms with Crippen LogP contribution in [-0.2, 0) is 0 Å². The number of aryl methyl sites for hydroxylation is 1. The van der Waals surface area contributed by atoms with E-state index in [4.69, 9.17) is 39.5 Å². The maximum atomic E-state index is 12.4. The Morgan fingerprint density at radius 3 is 2.36 bits per heavy atom. The molecule has 0 aliphatic carbocycles. The van der Waals surface area contributed by atoms with E-state index in [1.165, 1.54) is 24.3 Å². The number of nitrogens with one attached hydrogen (secondary N) is 1. The van der Waals surface area contributed by atoms with Crippen LogP contribution in [0, 0.1) is 17.0 Å². The molecule has 0 aliphatic rings. The minimum absolute atomic E-state index is 0.131. The lowest BCUT2D eigenvalue weighted by atomic mass is 10.1. The number of ether oxygens (including phenoxy) is 1. The summed E-state index contributed by atoms with van der Waals surface area (Å²) in [6.07, 6.45) is -1.44.